The molecule has 2 heterocycles. The van der Waals surface area contributed by atoms with E-state index < -0.39 is 5.97 Å². The van der Waals surface area contributed by atoms with E-state index in [1.165, 1.54) is 6.08 Å². The molecule has 33 heavy (non-hydrogen) atoms. The molecule has 7 heteroatoms. The number of ether oxygens (including phenoxy) is 3. The molecule has 0 saturated carbocycles. The van der Waals surface area contributed by atoms with Crippen molar-refractivity contribution in [1.82, 2.24) is 9.38 Å². The van der Waals surface area contributed by atoms with Crippen molar-refractivity contribution in [3.8, 4) is 17.7 Å². The lowest BCUT2D eigenvalue weighted by Crippen LogP contribution is -2.08. The van der Waals surface area contributed by atoms with Crippen molar-refractivity contribution in [2.24, 2.45) is 0 Å². The third-order valence-corrected chi connectivity index (χ3v) is 4.80. The summed E-state index contributed by atoms with van der Waals surface area (Å²) < 4.78 is 18.9. The first kappa shape index (κ1) is 23.9. The van der Waals surface area contributed by atoms with Gasteiger partial charge >= 0.3 is 5.97 Å². The molecule has 0 aliphatic heterocycles. The largest absolute Gasteiger partial charge is 0.487 e. The second kappa shape index (κ2) is 11.7. The number of fused-ring (bicyclic) bond motifs is 1. The molecule has 2 aromatic heterocycles. The smallest absolute Gasteiger partial charge is 0.349 e. The number of rotatable bonds is 11. The van der Waals surface area contributed by atoms with Crippen molar-refractivity contribution in [2.45, 2.75) is 52.7 Å². The molecule has 3 aromatic rings. The maximum Gasteiger partial charge on any atom is 0.349 e. The molecule has 0 unspecified atom stereocenters. The number of esters is 1. The predicted molar refractivity (Wildman–Crippen MR) is 126 cm³/mol. The first-order valence-electron chi connectivity index (χ1n) is 11.2. The Bertz CT molecular complexity index is 1140. The van der Waals surface area contributed by atoms with Crippen LogP contribution in [0.4, 0.5) is 0 Å². The lowest BCUT2D eigenvalue weighted by atomic mass is 10.2. The Morgan fingerprint density at radius 1 is 1.18 bits per heavy atom. The zero-order chi connectivity index (χ0) is 23.6. The van der Waals surface area contributed by atoms with Crippen LogP contribution in [0.15, 0.2) is 54.2 Å². The van der Waals surface area contributed by atoms with Gasteiger partial charge in [0.05, 0.1) is 12.7 Å². The highest BCUT2D eigenvalue weighted by Gasteiger charge is 2.19. The van der Waals surface area contributed by atoms with E-state index >= 15 is 0 Å². The molecule has 0 atom stereocenters. The first-order valence-corrected chi connectivity index (χ1v) is 11.2. The fourth-order valence-corrected chi connectivity index (χ4v) is 3.22. The fraction of sp³-hybridized carbons (Fsp3) is 0.346. The molecule has 7 nitrogen and oxygen atoms in total. The lowest BCUT2D eigenvalue weighted by Gasteiger charge is -2.10. The van der Waals surface area contributed by atoms with Gasteiger partial charge < -0.3 is 14.2 Å². The van der Waals surface area contributed by atoms with E-state index in [2.05, 4.69) is 11.9 Å². The molecule has 0 aliphatic rings. The number of benzene rings is 1. The van der Waals surface area contributed by atoms with Gasteiger partial charge in [0.2, 0.25) is 5.88 Å². The van der Waals surface area contributed by atoms with Crippen LogP contribution in [0.2, 0.25) is 0 Å². The third kappa shape index (κ3) is 6.36. The minimum atomic E-state index is -0.706. The number of carbonyl (C=O) groups excluding carboxylic acids is 1. The van der Waals surface area contributed by atoms with Crippen molar-refractivity contribution in [1.29, 1.82) is 5.26 Å². The number of carbonyl (C=O) groups is 1. The highest BCUT2D eigenvalue weighted by molar-refractivity contribution is 5.98. The normalized spacial score (nSPS) is 11.4. The van der Waals surface area contributed by atoms with Crippen LogP contribution in [-0.2, 0) is 16.1 Å². The van der Waals surface area contributed by atoms with Crippen molar-refractivity contribution in [2.75, 3.05) is 6.61 Å². The summed E-state index contributed by atoms with van der Waals surface area (Å²) in [7, 11) is 0. The summed E-state index contributed by atoms with van der Waals surface area (Å²) in [5, 5.41) is 9.66. The molecule has 0 saturated heterocycles. The molecule has 0 bridgehead atoms. The van der Waals surface area contributed by atoms with Gasteiger partial charge in [0.25, 0.3) is 0 Å². The minimum Gasteiger partial charge on any atom is -0.487 e. The molecule has 0 fully saturated rings. The number of nitrogens with zero attached hydrogens (tertiary/aromatic N) is 3. The standard InChI is InChI=1S/C26H29N3O4/c1-4-5-9-15-31-25-22(29-14-10-13-23(24(29)28-25)33-19(2)3)16-21(17-27)26(30)32-18-20-11-7-6-8-12-20/h6-8,10-14,16,19H,4-5,9,15,18H2,1-3H3. The van der Waals surface area contributed by atoms with Crippen LogP contribution in [-0.4, -0.2) is 28.1 Å². The second-order valence-corrected chi connectivity index (χ2v) is 7.82. The van der Waals surface area contributed by atoms with Gasteiger partial charge in [-0.05, 0) is 44.0 Å². The Balaban J connectivity index is 1.94. The lowest BCUT2D eigenvalue weighted by molar-refractivity contribution is -0.139. The average molecular weight is 448 g/mol. The van der Waals surface area contributed by atoms with Gasteiger partial charge in [-0.15, -0.1) is 0 Å². The monoisotopic (exact) mass is 447 g/mol. The van der Waals surface area contributed by atoms with Crippen molar-refractivity contribution >= 4 is 17.7 Å². The summed E-state index contributed by atoms with van der Waals surface area (Å²) in [6, 6.07) is 14.9. The van der Waals surface area contributed by atoms with Gasteiger partial charge in [0.1, 0.15) is 23.9 Å². The van der Waals surface area contributed by atoms with Crippen molar-refractivity contribution in [3.05, 3.63) is 65.5 Å². The zero-order valence-corrected chi connectivity index (χ0v) is 19.3. The minimum absolute atomic E-state index is 0.0385. The summed E-state index contributed by atoms with van der Waals surface area (Å²) in [6.45, 7) is 6.56. The number of aromatic nitrogens is 2. The molecular formula is C26H29N3O4. The zero-order valence-electron chi connectivity index (χ0n) is 19.3. The summed E-state index contributed by atoms with van der Waals surface area (Å²) in [5.41, 5.74) is 1.75. The molecule has 0 spiro atoms. The number of pyridine rings is 1. The van der Waals surface area contributed by atoms with E-state index in [1.54, 1.807) is 10.6 Å². The van der Waals surface area contributed by atoms with E-state index in [-0.39, 0.29) is 18.3 Å². The topological polar surface area (TPSA) is 85.9 Å². The van der Waals surface area contributed by atoms with Gasteiger partial charge in [0, 0.05) is 6.20 Å². The van der Waals surface area contributed by atoms with Crippen LogP contribution < -0.4 is 9.47 Å². The van der Waals surface area contributed by atoms with E-state index in [0.29, 0.717) is 29.6 Å². The molecule has 0 aliphatic carbocycles. The van der Waals surface area contributed by atoms with Gasteiger partial charge in [-0.25, -0.2) is 4.79 Å². The van der Waals surface area contributed by atoms with E-state index in [4.69, 9.17) is 14.2 Å². The molecular weight excluding hydrogens is 418 g/mol. The number of hydrogen-bond donors (Lipinski definition) is 0. The maximum absolute atomic E-state index is 12.6. The van der Waals surface area contributed by atoms with Crippen LogP contribution in [0.1, 0.15) is 51.3 Å². The van der Waals surface area contributed by atoms with Gasteiger partial charge in [-0.3, -0.25) is 4.40 Å². The predicted octanol–water partition coefficient (Wildman–Crippen LogP) is 5.34. The molecule has 1 aromatic carbocycles. The molecule has 0 amide bonds. The number of hydrogen-bond acceptors (Lipinski definition) is 6. The fourth-order valence-electron chi connectivity index (χ4n) is 3.22. The Kier molecular flexibility index (Phi) is 8.48. The van der Waals surface area contributed by atoms with Crippen LogP contribution in [0, 0.1) is 11.3 Å². The number of unbranched alkanes of at least 4 members (excludes halogenated alkanes) is 2. The Morgan fingerprint density at radius 2 is 1.97 bits per heavy atom. The Hall–Kier alpha value is -3.79. The highest BCUT2D eigenvalue weighted by Crippen LogP contribution is 2.29. The SMILES string of the molecule is CCCCCOc1nc2c(OC(C)C)cccn2c1C=C(C#N)C(=O)OCc1ccccc1. The second-order valence-electron chi connectivity index (χ2n) is 7.82. The summed E-state index contributed by atoms with van der Waals surface area (Å²) in [6.07, 6.45) is 6.21. The van der Waals surface area contributed by atoms with Crippen LogP contribution in [0.25, 0.3) is 11.7 Å². The van der Waals surface area contributed by atoms with E-state index in [0.717, 1.165) is 24.8 Å². The van der Waals surface area contributed by atoms with E-state index in [9.17, 15) is 10.1 Å². The van der Waals surface area contributed by atoms with Crippen molar-refractivity contribution < 1.29 is 19.0 Å². The van der Waals surface area contributed by atoms with Crippen molar-refractivity contribution in [3.63, 3.8) is 0 Å². The Morgan fingerprint density at radius 3 is 2.67 bits per heavy atom. The number of nitriles is 1. The summed E-state index contributed by atoms with van der Waals surface area (Å²) >= 11 is 0. The summed E-state index contributed by atoms with van der Waals surface area (Å²) in [5.74, 6) is 0.230. The van der Waals surface area contributed by atoms with Gasteiger partial charge in [-0.1, -0.05) is 50.1 Å². The summed E-state index contributed by atoms with van der Waals surface area (Å²) in [4.78, 5) is 17.2. The number of imidazole rings is 1. The highest BCUT2D eigenvalue weighted by atomic mass is 16.5. The Labute approximate surface area is 194 Å². The van der Waals surface area contributed by atoms with Crippen LogP contribution >= 0.6 is 0 Å². The van der Waals surface area contributed by atoms with E-state index in [1.807, 2.05) is 62.4 Å². The average Bonchev–Trinajstić information content (AvgIpc) is 3.17. The third-order valence-electron chi connectivity index (χ3n) is 4.80. The molecule has 172 valence electrons. The van der Waals surface area contributed by atoms with Gasteiger partial charge in [-0.2, -0.15) is 10.2 Å². The molecule has 3 rings (SSSR count). The first-order chi connectivity index (χ1) is 16.0. The quantitative estimate of drug-likeness (QED) is 0.171. The molecule has 0 radical (unpaired) electrons. The van der Waals surface area contributed by atoms with Gasteiger partial charge in [0.15, 0.2) is 11.4 Å². The maximum atomic E-state index is 12.6. The molecule has 0 N–H and O–H groups in total. The van der Waals surface area contributed by atoms with Crippen LogP contribution in [0.3, 0.4) is 0 Å². The van der Waals surface area contributed by atoms with Crippen LogP contribution in [0.5, 0.6) is 11.6 Å².